The number of likely N-dealkylation sites (tertiary alicyclic amines) is 1. The van der Waals surface area contributed by atoms with Crippen LogP contribution in [0.25, 0.3) is 0 Å². The van der Waals surface area contributed by atoms with Gasteiger partial charge in [-0.3, -0.25) is 4.79 Å². The van der Waals surface area contributed by atoms with Crippen LogP contribution in [0.4, 0.5) is 0 Å². The maximum atomic E-state index is 12.0. The maximum Gasteiger partial charge on any atom is 0.257 e. The molecule has 0 spiro atoms. The van der Waals surface area contributed by atoms with E-state index in [1.54, 1.807) is 0 Å². The molecule has 0 saturated carbocycles. The minimum Gasteiger partial charge on any atom is -0.483 e. The summed E-state index contributed by atoms with van der Waals surface area (Å²) in [6.45, 7) is 6.68. The fourth-order valence-corrected chi connectivity index (χ4v) is 4.10. The highest BCUT2D eigenvalue weighted by Gasteiger charge is 2.16. The lowest BCUT2D eigenvalue weighted by molar-refractivity contribution is -0.123. The number of carbonyl (C=O) groups excluding carboxylic acids is 1. The van der Waals surface area contributed by atoms with Crippen LogP contribution in [0.15, 0.2) is 18.2 Å². The molecule has 4 nitrogen and oxygen atoms in total. The van der Waals surface area contributed by atoms with Gasteiger partial charge in [0.2, 0.25) is 0 Å². The zero-order valence-corrected chi connectivity index (χ0v) is 15.6. The third-order valence-electron chi connectivity index (χ3n) is 5.43. The number of hydrogen-bond donors (Lipinski definition) is 1. The van der Waals surface area contributed by atoms with Gasteiger partial charge < -0.3 is 15.0 Å². The summed E-state index contributed by atoms with van der Waals surface area (Å²) >= 11 is 0. The summed E-state index contributed by atoms with van der Waals surface area (Å²) in [6, 6.07) is 6.22. The molecule has 0 bridgehead atoms. The van der Waals surface area contributed by atoms with E-state index in [2.05, 4.69) is 23.2 Å². The number of fused-ring (bicyclic) bond motifs is 1. The van der Waals surface area contributed by atoms with E-state index in [4.69, 9.17) is 4.74 Å². The first-order chi connectivity index (χ1) is 12.2. The van der Waals surface area contributed by atoms with Gasteiger partial charge in [0.1, 0.15) is 5.75 Å². The zero-order valence-electron chi connectivity index (χ0n) is 15.6. The first-order valence-corrected chi connectivity index (χ1v) is 9.95. The molecule has 1 aromatic carbocycles. The summed E-state index contributed by atoms with van der Waals surface area (Å²) in [5.41, 5.74) is 2.70. The topological polar surface area (TPSA) is 41.6 Å². The molecule has 2 aliphatic rings. The molecule has 138 valence electrons. The van der Waals surface area contributed by atoms with Crippen LogP contribution in [0.5, 0.6) is 5.75 Å². The molecule has 4 heteroatoms. The van der Waals surface area contributed by atoms with E-state index in [1.807, 2.05) is 12.1 Å². The van der Waals surface area contributed by atoms with Gasteiger partial charge in [-0.2, -0.15) is 0 Å². The van der Waals surface area contributed by atoms with Crippen LogP contribution in [0.2, 0.25) is 0 Å². The second-order valence-corrected chi connectivity index (χ2v) is 7.64. The smallest absolute Gasteiger partial charge is 0.257 e. The first-order valence-electron chi connectivity index (χ1n) is 9.95. The molecule has 1 aliphatic heterocycles. The summed E-state index contributed by atoms with van der Waals surface area (Å²) < 4.78 is 5.80. The number of ether oxygens (including phenoxy) is 1. The van der Waals surface area contributed by atoms with Crippen molar-refractivity contribution in [2.75, 3.05) is 32.8 Å². The minimum atomic E-state index is -0.0135. The van der Waals surface area contributed by atoms with E-state index in [1.165, 1.54) is 49.9 Å². The monoisotopic (exact) mass is 344 g/mol. The molecule has 1 aromatic rings. The molecular weight excluding hydrogens is 312 g/mol. The van der Waals surface area contributed by atoms with Gasteiger partial charge in [0.25, 0.3) is 5.91 Å². The minimum absolute atomic E-state index is 0.0135. The van der Waals surface area contributed by atoms with Crippen molar-refractivity contribution in [1.82, 2.24) is 10.2 Å². The highest BCUT2D eigenvalue weighted by atomic mass is 16.5. The highest BCUT2D eigenvalue weighted by Crippen LogP contribution is 2.29. The Morgan fingerprint density at radius 3 is 3.04 bits per heavy atom. The van der Waals surface area contributed by atoms with Crippen LogP contribution in [0.3, 0.4) is 0 Å². The molecule has 0 radical (unpaired) electrons. The number of benzene rings is 1. The van der Waals surface area contributed by atoms with Crippen molar-refractivity contribution in [2.24, 2.45) is 5.92 Å². The molecule has 25 heavy (non-hydrogen) atoms. The quantitative estimate of drug-likeness (QED) is 0.773. The Balaban J connectivity index is 1.34. The average molecular weight is 344 g/mol. The Labute approximate surface area is 151 Å². The van der Waals surface area contributed by atoms with Crippen molar-refractivity contribution in [1.29, 1.82) is 0 Å². The van der Waals surface area contributed by atoms with Crippen molar-refractivity contribution in [3.63, 3.8) is 0 Å². The normalized spacial score (nSPS) is 20.8. The van der Waals surface area contributed by atoms with Crippen LogP contribution in [0.1, 0.15) is 50.2 Å². The number of nitrogens with zero attached hydrogens (tertiary/aromatic N) is 1. The molecule has 1 amide bonds. The van der Waals surface area contributed by atoms with Crippen LogP contribution in [0, 0.1) is 5.92 Å². The first kappa shape index (κ1) is 18.2. The molecule has 1 atom stereocenters. The zero-order chi connectivity index (χ0) is 17.5. The number of amides is 1. The average Bonchev–Trinajstić information content (AvgIpc) is 2.63. The fourth-order valence-electron chi connectivity index (χ4n) is 4.10. The van der Waals surface area contributed by atoms with Crippen molar-refractivity contribution in [2.45, 2.75) is 51.9 Å². The van der Waals surface area contributed by atoms with E-state index < -0.39 is 0 Å². The number of rotatable bonds is 7. The third-order valence-corrected chi connectivity index (χ3v) is 5.43. The molecule has 3 rings (SSSR count). The van der Waals surface area contributed by atoms with Gasteiger partial charge in [0.15, 0.2) is 6.61 Å². The van der Waals surface area contributed by atoms with E-state index in [-0.39, 0.29) is 12.5 Å². The van der Waals surface area contributed by atoms with Crippen LogP contribution < -0.4 is 10.1 Å². The molecule has 1 saturated heterocycles. The Bertz CT molecular complexity index is 573. The van der Waals surface area contributed by atoms with Crippen LogP contribution in [-0.4, -0.2) is 43.6 Å². The van der Waals surface area contributed by atoms with Gasteiger partial charge in [-0.15, -0.1) is 0 Å². The second-order valence-electron chi connectivity index (χ2n) is 7.64. The number of nitrogens with one attached hydrogen (secondary N) is 1. The highest BCUT2D eigenvalue weighted by molar-refractivity contribution is 5.77. The molecule has 1 aliphatic carbocycles. The number of aryl methyl sites for hydroxylation is 1. The van der Waals surface area contributed by atoms with Gasteiger partial charge in [-0.05, 0) is 81.1 Å². The Kier molecular flexibility index (Phi) is 6.74. The van der Waals surface area contributed by atoms with E-state index in [0.29, 0.717) is 0 Å². The standard InChI is InChI=1S/C21H32N2O2/c1-17-7-5-13-23(15-17)14-6-12-22-21(24)16-25-20-11-4-9-18-8-2-3-10-19(18)20/h4,9,11,17H,2-3,5-8,10,12-16H2,1H3,(H,22,24)/t17-/m0/s1. The molecule has 0 unspecified atom stereocenters. The van der Waals surface area contributed by atoms with Gasteiger partial charge in [0, 0.05) is 13.1 Å². The van der Waals surface area contributed by atoms with Crippen LogP contribution >= 0.6 is 0 Å². The summed E-state index contributed by atoms with van der Waals surface area (Å²) in [5, 5.41) is 2.99. The second kappa shape index (κ2) is 9.23. The Morgan fingerprint density at radius 2 is 2.16 bits per heavy atom. The molecular formula is C21H32N2O2. The lowest BCUT2D eigenvalue weighted by Crippen LogP contribution is -2.37. The summed E-state index contributed by atoms with van der Waals surface area (Å²) in [7, 11) is 0. The van der Waals surface area contributed by atoms with Crippen molar-refractivity contribution >= 4 is 5.91 Å². The van der Waals surface area contributed by atoms with Gasteiger partial charge in [-0.1, -0.05) is 19.1 Å². The van der Waals surface area contributed by atoms with E-state index >= 15 is 0 Å². The molecule has 1 fully saturated rings. The fraction of sp³-hybridized carbons (Fsp3) is 0.667. The van der Waals surface area contributed by atoms with Crippen molar-refractivity contribution in [3.05, 3.63) is 29.3 Å². The van der Waals surface area contributed by atoms with Crippen LogP contribution in [-0.2, 0) is 17.6 Å². The third kappa shape index (κ3) is 5.46. The van der Waals surface area contributed by atoms with Crippen molar-refractivity contribution < 1.29 is 9.53 Å². The van der Waals surface area contributed by atoms with Crippen molar-refractivity contribution in [3.8, 4) is 5.75 Å². The van der Waals surface area contributed by atoms with E-state index in [9.17, 15) is 4.79 Å². The predicted octanol–water partition coefficient (Wildman–Crippen LogP) is 3.18. The Morgan fingerprint density at radius 1 is 1.28 bits per heavy atom. The van der Waals surface area contributed by atoms with E-state index in [0.717, 1.165) is 44.0 Å². The largest absolute Gasteiger partial charge is 0.483 e. The number of piperidine rings is 1. The van der Waals surface area contributed by atoms with Gasteiger partial charge in [-0.25, -0.2) is 0 Å². The lowest BCUT2D eigenvalue weighted by atomic mass is 9.91. The number of carbonyl (C=O) groups is 1. The SMILES string of the molecule is C[C@H]1CCCN(CCCNC(=O)COc2cccc3c2CCCC3)C1. The molecule has 0 aromatic heterocycles. The van der Waals surface area contributed by atoms with Gasteiger partial charge >= 0.3 is 0 Å². The Hall–Kier alpha value is -1.55. The van der Waals surface area contributed by atoms with Gasteiger partial charge in [0.05, 0.1) is 0 Å². The number of hydrogen-bond acceptors (Lipinski definition) is 3. The maximum absolute atomic E-state index is 12.0. The lowest BCUT2D eigenvalue weighted by Gasteiger charge is -2.30. The molecule has 1 heterocycles. The summed E-state index contributed by atoms with van der Waals surface area (Å²) in [5.74, 6) is 1.70. The summed E-state index contributed by atoms with van der Waals surface area (Å²) in [6.07, 6.45) is 8.35. The predicted molar refractivity (Wildman–Crippen MR) is 101 cm³/mol. The molecule has 1 N–H and O–H groups in total. The summed E-state index contributed by atoms with van der Waals surface area (Å²) in [4.78, 5) is 14.6.